The Morgan fingerprint density at radius 2 is 2.03 bits per heavy atom. The molecule has 31 heavy (non-hydrogen) atoms. The summed E-state index contributed by atoms with van der Waals surface area (Å²) in [5.74, 6) is 2.14. The average molecular weight is 442 g/mol. The lowest BCUT2D eigenvalue weighted by Gasteiger charge is -2.41. The fourth-order valence-electron chi connectivity index (χ4n) is 5.83. The van der Waals surface area contributed by atoms with E-state index in [1.54, 1.807) is 6.20 Å². The molecule has 3 unspecified atom stereocenters. The fourth-order valence-corrected chi connectivity index (χ4v) is 6.88. The average Bonchev–Trinajstić information content (AvgIpc) is 3.22. The highest BCUT2D eigenvalue weighted by atomic mass is 32.2. The first kappa shape index (κ1) is 21.0. The Hall–Kier alpha value is -1.90. The third-order valence-corrected chi connectivity index (χ3v) is 8.32. The van der Waals surface area contributed by atoms with Gasteiger partial charge in [-0.3, -0.25) is 4.90 Å². The normalized spacial score (nSPS) is 27.5. The Kier molecular flexibility index (Phi) is 5.79. The number of aryl methyl sites for hydroxylation is 1. The number of piperidine rings is 1. The molecule has 0 amide bonds. The summed E-state index contributed by atoms with van der Waals surface area (Å²) < 4.78 is 22.5. The van der Waals surface area contributed by atoms with Gasteiger partial charge >= 0.3 is 0 Å². The Bertz CT molecular complexity index is 1110. The van der Waals surface area contributed by atoms with Crippen molar-refractivity contribution in [2.75, 3.05) is 13.1 Å². The van der Waals surface area contributed by atoms with Crippen LogP contribution in [0.3, 0.4) is 0 Å². The second-order valence-corrected chi connectivity index (χ2v) is 10.5. The first-order valence-corrected chi connectivity index (χ1v) is 12.6. The first-order chi connectivity index (χ1) is 15.0. The number of aromatic amines is 1. The molecule has 1 saturated heterocycles. The summed E-state index contributed by atoms with van der Waals surface area (Å²) in [6, 6.07) is 2.02. The van der Waals surface area contributed by atoms with Crippen molar-refractivity contribution in [3.8, 4) is 0 Å². The fraction of sp³-hybridized carbons (Fsp3) is 0.609. The zero-order valence-electron chi connectivity index (χ0n) is 18.3. The molecular formula is C23H31N5O2S. The number of nitrogens with zero attached hydrogens (tertiary/aromatic N) is 4. The SMILES string of the molecule is Cc1nc2cnc3nccc3c2c(C2CCC(C(N3CCCC(C)C3)S(=O)O)CC2)[nH]1. The van der Waals surface area contributed by atoms with Gasteiger partial charge in [-0.05, 0) is 75.8 Å². The third-order valence-electron chi connectivity index (χ3n) is 7.22. The predicted octanol–water partition coefficient (Wildman–Crippen LogP) is 4.37. The number of pyridine rings is 1. The number of hydrogen-bond acceptors (Lipinski definition) is 5. The molecule has 3 aromatic rings. The number of fused-ring (bicyclic) bond motifs is 3. The van der Waals surface area contributed by atoms with Crippen LogP contribution in [0, 0.1) is 18.8 Å². The summed E-state index contributed by atoms with van der Waals surface area (Å²) >= 11 is -1.82. The molecule has 7 nitrogen and oxygen atoms in total. The van der Waals surface area contributed by atoms with Gasteiger partial charge < -0.3 is 9.54 Å². The van der Waals surface area contributed by atoms with E-state index in [4.69, 9.17) is 0 Å². The Labute approximate surface area is 185 Å². The second-order valence-electron chi connectivity index (χ2n) is 9.46. The molecule has 3 aromatic heterocycles. The van der Waals surface area contributed by atoms with Gasteiger partial charge in [-0.1, -0.05) is 6.92 Å². The molecule has 3 atom stereocenters. The smallest absolute Gasteiger partial charge is 0.171 e. The summed E-state index contributed by atoms with van der Waals surface area (Å²) in [7, 11) is 0. The molecule has 2 fully saturated rings. The molecule has 2 aliphatic rings. The molecule has 4 heterocycles. The van der Waals surface area contributed by atoms with Gasteiger partial charge in [0.05, 0.1) is 11.7 Å². The Morgan fingerprint density at radius 1 is 1.23 bits per heavy atom. The van der Waals surface area contributed by atoms with Crippen LogP contribution in [0.25, 0.3) is 21.9 Å². The van der Waals surface area contributed by atoms with Crippen molar-refractivity contribution in [3.63, 3.8) is 0 Å². The molecule has 0 bridgehead atoms. The van der Waals surface area contributed by atoms with Crippen LogP contribution in [0.4, 0.5) is 0 Å². The van der Waals surface area contributed by atoms with Crippen LogP contribution in [-0.2, 0) is 11.1 Å². The lowest BCUT2D eigenvalue weighted by atomic mass is 9.79. The van der Waals surface area contributed by atoms with Crippen LogP contribution in [0.2, 0.25) is 0 Å². The van der Waals surface area contributed by atoms with Gasteiger partial charge in [-0.25, -0.2) is 19.2 Å². The van der Waals surface area contributed by atoms with Crippen LogP contribution in [0.1, 0.15) is 62.9 Å². The van der Waals surface area contributed by atoms with E-state index in [0.717, 1.165) is 73.0 Å². The van der Waals surface area contributed by atoms with Gasteiger partial charge in [-0.15, -0.1) is 0 Å². The van der Waals surface area contributed by atoms with Gasteiger partial charge in [0.25, 0.3) is 0 Å². The number of likely N-dealkylation sites (tertiary alicyclic amines) is 1. The van der Waals surface area contributed by atoms with Crippen molar-refractivity contribution in [1.29, 1.82) is 0 Å². The van der Waals surface area contributed by atoms with Crippen molar-refractivity contribution in [1.82, 2.24) is 24.8 Å². The van der Waals surface area contributed by atoms with Crippen molar-refractivity contribution in [2.24, 2.45) is 11.8 Å². The van der Waals surface area contributed by atoms with Gasteiger partial charge in [0.1, 0.15) is 11.2 Å². The van der Waals surface area contributed by atoms with E-state index in [9.17, 15) is 8.76 Å². The quantitative estimate of drug-likeness (QED) is 0.584. The standard InChI is InChI=1S/C23H31N5O2S/c1-14-4-3-11-28(13-14)23(31(29)30)17-7-5-16(6-8-17)21-20-18-9-10-24-22(18)25-12-19(20)26-15(2)27-21/h9-10,12,14,16-17,23H,3-8,11,13H2,1-2H3,(H,26,27)(H,29,30). The highest BCUT2D eigenvalue weighted by molar-refractivity contribution is 7.79. The van der Waals surface area contributed by atoms with E-state index in [2.05, 4.69) is 31.8 Å². The van der Waals surface area contributed by atoms with Crippen LogP contribution in [0.15, 0.2) is 18.5 Å². The lowest BCUT2D eigenvalue weighted by Crippen LogP contribution is -2.48. The van der Waals surface area contributed by atoms with E-state index in [1.165, 1.54) is 12.1 Å². The van der Waals surface area contributed by atoms with Crippen molar-refractivity contribution >= 4 is 33.0 Å². The number of rotatable bonds is 4. The minimum absolute atomic E-state index is 0.237. The van der Waals surface area contributed by atoms with Crippen LogP contribution < -0.4 is 0 Å². The number of aromatic nitrogens is 4. The van der Waals surface area contributed by atoms with E-state index in [1.807, 2.05) is 19.2 Å². The number of H-pyrrole nitrogens is 1. The predicted molar refractivity (Wildman–Crippen MR) is 123 cm³/mol. The summed E-state index contributed by atoms with van der Waals surface area (Å²) in [5.41, 5.74) is 2.89. The van der Waals surface area contributed by atoms with E-state index < -0.39 is 11.1 Å². The molecule has 5 rings (SSSR count). The topological polar surface area (TPSA) is 95.0 Å². The van der Waals surface area contributed by atoms with E-state index in [-0.39, 0.29) is 11.3 Å². The highest BCUT2D eigenvalue weighted by Gasteiger charge is 2.37. The highest BCUT2D eigenvalue weighted by Crippen LogP contribution is 2.41. The Morgan fingerprint density at radius 3 is 2.77 bits per heavy atom. The van der Waals surface area contributed by atoms with Gasteiger partial charge in [0.15, 0.2) is 16.7 Å². The monoisotopic (exact) mass is 441 g/mol. The maximum atomic E-state index is 12.3. The zero-order valence-corrected chi connectivity index (χ0v) is 19.1. The minimum Gasteiger partial charge on any atom is -0.347 e. The Balaban J connectivity index is 1.41. The number of nitrogens with one attached hydrogen (secondary N) is 1. The van der Waals surface area contributed by atoms with Crippen molar-refractivity contribution < 1.29 is 8.76 Å². The molecule has 0 radical (unpaired) electrons. The third kappa shape index (κ3) is 4.01. The van der Waals surface area contributed by atoms with Crippen LogP contribution >= 0.6 is 0 Å². The maximum absolute atomic E-state index is 12.3. The molecule has 166 valence electrons. The summed E-state index contributed by atoms with van der Waals surface area (Å²) in [5, 5.41) is 1.94. The van der Waals surface area contributed by atoms with Crippen molar-refractivity contribution in [2.45, 2.75) is 63.7 Å². The summed E-state index contributed by atoms with van der Waals surface area (Å²) in [6.45, 7) is 6.12. The van der Waals surface area contributed by atoms with Crippen LogP contribution in [-0.4, -0.2) is 52.1 Å². The van der Waals surface area contributed by atoms with E-state index in [0.29, 0.717) is 11.8 Å². The molecule has 0 aromatic carbocycles. The van der Waals surface area contributed by atoms with Crippen LogP contribution in [0.5, 0.6) is 0 Å². The summed E-state index contributed by atoms with van der Waals surface area (Å²) in [4.78, 5) is 19.3. The number of hydrogen-bond donors (Lipinski definition) is 2. The largest absolute Gasteiger partial charge is 0.347 e. The molecule has 2 N–H and O–H groups in total. The molecule has 1 aliphatic carbocycles. The van der Waals surface area contributed by atoms with Gasteiger partial charge in [-0.2, -0.15) is 0 Å². The summed E-state index contributed by atoms with van der Waals surface area (Å²) in [6.07, 6.45) is 9.93. The molecule has 1 saturated carbocycles. The molecule has 8 heteroatoms. The molecule has 0 spiro atoms. The first-order valence-electron chi connectivity index (χ1n) is 11.4. The zero-order chi connectivity index (χ0) is 21.5. The van der Waals surface area contributed by atoms with E-state index >= 15 is 0 Å². The van der Waals surface area contributed by atoms with Crippen molar-refractivity contribution in [3.05, 3.63) is 30.0 Å². The second kappa shape index (κ2) is 8.56. The van der Waals surface area contributed by atoms with Gasteiger partial charge in [0.2, 0.25) is 0 Å². The lowest BCUT2D eigenvalue weighted by molar-refractivity contribution is 0.115. The molecular weight excluding hydrogens is 410 g/mol. The maximum Gasteiger partial charge on any atom is 0.171 e. The van der Waals surface area contributed by atoms with Gasteiger partial charge in [0, 0.05) is 29.2 Å². The minimum atomic E-state index is -1.82. The molecule has 1 aliphatic heterocycles.